The standard InChI is InChI=1S/C17H23NO2S/c1-2-20-17(19)13-6-5-9-18(10-13)11-14-12-21-16-8-4-3-7-15(14)16/h3-4,7-8,13-14H,2,5-6,9-12H2,1H3. The quantitative estimate of drug-likeness (QED) is 0.799. The Morgan fingerprint density at radius 2 is 2.29 bits per heavy atom. The summed E-state index contributed by atoms with van der Waals surface area (Å²) in [5, 5.41) is 0. The number of benzene rings is 1. The normalized spacial score (nSPS) is 25.6. The lowest BCUT2D eigenvalue weighted by Gasteiger charge is -2.33. The Morgan fingerprint density at radius 1 is 1.43 bits per heavy atom. The third kappa shape index (κ3) is 3.43. The summed E-state index contributed by atoms with van der Waals surface area (Å²) >= 11 is 1.96. The zero-order valence-electron chi connectivity index (χ0n) is 12.6. The van der Waals surface area contributed by atoms with Crippen LogP contribution in [0.3, 0.4) is 0 Å². The zero-order chi connectivity index (χ0) is 14.7. The molecular formula is C17H23NO2S. The predicted octanol–water partition coefficient (Wildman–Crippen LogP) is 3.15. The molecule has 2 unspecified atom stereocenters. The number of likely N-dealkylation sites (tertiary alicyclic amines) is 1. The molecule has 0 spiro atoms. The molecule has 0 radical (unpaired) electrons. The Hall–Kier alpha value is -1.00. The van der Waals surface area contributed by atoms with Crippen molar-refractivity contribution >= 4 is 17.7 Å². The summed E-state index contributed by atoms with van der Waals surface area (Å²) in [5.41, 5.74) is 1.49. The van der Waals surface area contributed by atoms with Crippen LogP contribution in [-0.4, -0.2) is 42.9 Å². The maximum absolute atomic E-state index is 11.9. The van der Waals surface area contributed by atoms with E-state index in [0.717, 1.165) is 32.5 Å². The van der Waals surface area contributed by atoms with Crippen molar-refractivity contribution in [2.45, 2.75) is 30.6 Å². The van der Waals surface area contributed by atoms with E-state index in [-0.39, 0.29) is 11.9 Å². The number of carbonyl (C=O) groups excluding carboxylic acids is 1. The van der Waals surface area contributed by atoms with Crippen LogP contribution < -0.4 is 0 Å². The van der Waals surface area contributed by atoms with E-state index < -0.39 is 0 Å². The first-order chi connectivity index (χ1) is 10.3. The van der Waals surface area contributed by atoms with Crippen molar-refractivity contribution in [2.24, 2.45) is 5.92 Å². The molecule has 3 rings (SSSR count). The topological polar surface area (TPSA) is 29.5 Å². The molecule has 3 nitrogen and oxygen atoms in total. The lowest BCUT2D eigenvalue weighted by atomic mass is 9.95. The first kappa shape index (κ1) is 14.9. The summed E-state index contributed by atoms with van der Waals surface area (Å²) in [6, 6.07) is 8.73. The number of nitrogens with zero attached hydrogens (tertiary/aromatic N) is 1. The van der Waals surface area contributed by atoms with Crippen LogP contribution in [-0.2, 0) is 9.53 Å². The first-order valence-corrected chi connectivity index (χ1v) is 8.87. The third-order valence-electron chi connectivity index (χ3n) is 4.40. The van der Waals surface area contributed by atoms with E-state index >= 15 is 0 Å². The molecule has 1 saturated heterocycles. The molecule has 0 N–H and O–H groups in total. The van der Waals surface area contributed by atoms with Gasteiger partial charge in [0.15, 0.2) is 0 Å². The highest BCUT2D eigenvalue weighted by atomic mass is 32.2. The van der Waals surface area contributed by atoms with Gasteiger partial charge < -0.3 is 9.64 Å². The number of carbonyl (C=O) groups is 1. The van der Waals surface area contributed by atoms with Crippen LogP contribution in [0, 0.1) is 5.92 Å². The highest BCUT2D eigenvalue weighted by Gasteiger charge is 2.30. The Balaban J connectivity index is 1.60. The Kier molecular flexibility index (Phi) is 4.86. The van der Waals surface area contributed by atoms with Crippen molar-refractivity contribution < 1.29 is 9.53 Å². The van der Waals surface area contributed by atoms with Gasteiger partial charge in [-0.3, -0.25) is 4.79 Å². The molecule has 2 aliphatic rings. The smallest absolute Gasteiger partial charge is 0.310 e. The fourth-order valence-electron chi connectivity index (χ4n) is 3.37. The molecule has 0 aromatic heterocycles. The van der Waals surface area contributed by atoms with Crippen molar-refractivity contribution in [3.05, 3.63) is 29.8 Å². The Labute approximate surface area is 131 Å². The second kappa shape index (κ2) is 6.84. The zero-order valence-corrected chi connectivity index (χ0v) is 13.4. The molecule has 0 saturated carbocycles. The minimum absolute atomic E-state index is 0.0107. The predicted molar refractivity (Wildman–Crippen MR) is 85.7 cm³/mol. The maximum Gasteiger partial charge on any atom is 0.310 e. The molecule has 1 aromatic rings. The van der Waals surface area contributed by atoms with Crippen LogP contribution in [0.5, 0.6) is 0 Å². The third-order valence-corrected chi connectivity index (χ3v) is 5.65. The summed E-state index contributed by atoms with van der Waals surface area (Å²) in [5.74, 6) is 1.83. The number of ether oxygens (including phenoxy) is 1. The van der Waals surface area contributed by atoms with E-state index in [1.807, 2.05) is 18.7 Å². The summed E-state index contributed by atoms with van der Waals surface area (Å²) in [7, 11) is 0. The van der Waals surface area contributed by atoms with Gasteiger partial charge in [-0.05, 0) is 37.9 Å². The summed E-state index contributed by atoms with van der Waals surface area (Å²) in [6.45, 7) is 5.41. The largest absolute Gasteiger partial charge is 0.466 e. The van der Waals surface area contributed by atoms with Gasteiger partial charge in [-0.2, -0.15) is 0 Å². The summed E-state index contributed by atoms with van der Waals surface area (Å²) in [4.78, 5) is 15.8. The molecule has 0 bridgehead atoms. The maximum atomic E-state index is 11.9. The van der Waals surface area contributed by atoms with E-state index in [2.05, 4.69) is 29.2 Å². The molecule has 21 heavy (non-hydrogen) atoms. The van der Waals surface area contributed by atoms with Gasteiger partial charge in [-0.15, -0.1) is 11.8 Å². The van der Waals surface area contributed by atoms with Gasteiger partial charge in [0.25, 0.3) is 0 Å². The van der Waals surface area contributed by atoms with E-state index in [0.29, 0.717) is 12.5 Å². The van der Waals surface area contributed by atoms with E-state index in [1.54, 1.807) is 0 Å². The van der Waals surface area contributed by atoms with Crippen LogP contribution in [0.2, 0.25) is 0 Å². The average Bonchev–Trinajstić information content (AvgIpc) is 2.91. The van der Waals surface area contributed by atoms with Crippen molar-refractivity contribution in [1.29, 1.82) is 0 Å². The Morgan fingerprint density at radius 3 is 3.14 bits per heavy atom. The minimum Gasteiger partial charge on any atom is -0.466 e. The molecule has 2 aliphatic heterocycles. The number of piperidine rings is 1. The molecule has 4 heteroatoms. The van der Waals surface area contributed by atoms with Crippen LogP contribution in [0.15, 0.2) is 29.2 Å². The van der Waals surface area contributed by atoms with Gasteiger partial charge in [0, 0.05) is 29.7 Å². The SMILES string of the molecule is CCOC(=O)C1CCCN(CC2CSc3ccccc32)C1. The number of hydrogen-bond acceptors (Lipinski definition) is 4. The minimum atomic E-state index is -0.0107. The fourth-order valence-corrected chi connectivity index (χ4v) is 4.61. The van der Waals surface area contributed by atoms with Gasteiger partial charge in [0.05, 0.1) is 12.5 Å². The van der Waals surface area contributed by atoms with E-state index in [9.17, 15) is 4.79 Å². The number of thioether (sulfide) groups is 1. The Bertz CT molecular complexity index is 505. The van der Waals surface area contributed by atoms with Crippen molar-refractivity contribution in [3.63, 3.8) is 0 Å². The van der Waals surface area contributed by atoms with Gasteiger partial charge in [-0.25, -0.2) is 0 Å². The van der Waals surface area contributed by atoms with Crippen LogP contribution in [0.1, 0.15) is 31.2 Å². The van der Waals surface area contributed by atoms with Crippen molar-refractivity contribution in [3.8, 4) is 0 Å². The molecule has 114 valence electrons. The number of hydrogen-bond donors (Lipinski definition) is 0. The second-order valence-corrected chi connectivity index (χ2v) is 6.96. The summed E-state index contributed by atoms with van der Waals surface area (Å²) in [6.07, 6.45) is 2.08. The average molecular weight is 305 g/mol. The second-order valence-electron chi connectivity index (χ2n) is 5.90. The van der Waals surface area contributed by atoms with Crippen LogP contribution in [0.25, 0.3) is 0 Å². The summed E-state index contributed by atoms with van der Waals surface area (Å²) < 4.78 is 5.19. The lowest BCUT2D eigenvalue weighted by molar-refractivity contribution is -0.149. The van der Waals surface area contributed by atoms with Crippen molar-refractivity contribution in [1.82, 2.24) is 4.90 Å². The van der Waals surface area contributed by atoms with Gasteiger partial charge in [0.1, 0.15) is 0 Å². The van der Waals surface area contributed by atoms with Crippen LogP contribution in [0.4, 0.5) is 0 Å². The highest BCUT2D eigenvalue weighted by molar-refractivity contribution is 7.99. The van der Waals surface area contributed by atoms with Crippen LogP contribution >= 0.6 is 11.8 Å². The number of fused-ring (bicyclic) bond motifs is 1. The number of rotatable bonds is 4. The molecule has 0 aliphatic carbocycles. The molecule has 2 atom stereocenters. The monoisotopic (exact) mass is 305 g/mol. The molecule has 1 aromatic carbocycles. The molecule has 1 fully saturated rings. The highest BCUT2D eigenvalue weighted by Crippen LogP contribution is 2.40. The molecule has 2 heterocycles. The lowest BCUT2D eigenvalue weighted by Crippen LogP contribution is -2.41. The van der Waals surface area contributed by atoms with E-state index in [4.69, 9.17) is 4.74 Å². The fraction of sp³-hybridized carbons (Fsp3) is 0.588. The van der Waals surface area contributed by atoms with Gasteiger partial charge in [0.2, 0.25) is 0 Å². The van der Waals surface area contributed by atoms with E-state index in [1.165, 1.54) is 16.2 Å². The first-order valence-electron chi connectivity index (χ1n) is 7.88. The molecule has 0 amide bonds. The van der Waals surface area contributed by atoms with Gasteiger partial charge >= 0.3 is 5.97 Å². The number of esters is 1. The molecular weight excluding hydrogens is 282 g/mol. The van der Waals surface area contributed by atoms with Gasteiger partial charge in [-0.1, -0.05) is 18.2 Å². The van der Waals surface area contributed by atoms with Crippen molar-refractivity contribution in [2.75, 3.05) is 32.0 Å².